The van der Waals surface area contributed by atoms with Crippen molar-refractivity contribution in [3.8, 4) is 6.07 Å². The van der Waals surface area contributed by atoms with Crippen LogP contribution in [-0.4, -0.2) is 6.54 Å². The molecule has 0 heterocycles. The number of rotatable bonds is 4. The molecule has 0 spiro atoms. The first kappa shape index (κ1) is 12.3. The number of hydrogen-bond acceptors (Lipinski definition) is 2. The molecule has 0 aromatic heterocycles. The highest BCUT2D eigenvalue weighted by Gasteiger charge is 2.12. The molecule has 2 nitrogen and oxygen atoms in total. The maximum atomic E-state index is 9.00. The van der Waals surface area contributed by atoms with E-state index >= 15 is 0 Å². The van der Waals surface area contributed by atoms with Gasteiger partial charge in [-0.1, -0.05) is 39.7 Å². The minimum absolute atomic E-state index is 0.352. The van der Waals surface area contributed by atoms with Crippen molar-refractivity contribution < 1.29 is 0 Å². The third-order valence-electron chi connectivity index (χ3n) is 1.87. The lowest BCUT2D eigenvalue weighted by Crippen LogP contribution is -2.20. The van der Waals surface area contributed by atoms with Crippen LogP contribution >= 0.6 is 27.5 Å². The molecule has 0 aliphatic rings. The average molecular weight is 286 g/mol. The Bertz CT molecular complexity index is 398. The largest absolute Gasteiger partial charge is 0.295 e. The smallest absolute Gasteiger partial charge is 0.122 e. The topological polar surface area (TPSA) is 35.8 Å². The molecular formula is C11H10BrClN2. The summed E-state index contributed by atoms with van der Waals surface area (Å²) < 4.78 is 0.832. The number of nitrogens with one attached hydrogen (secondary N) is 1. The zero-order chi connectivity index (χ0) is 11.3. The number of halogens is 2. The molecule has 0 aliphatic carbocycles. The lowest BCUT2D eigenvalue weighted by atomic mass is 10.1. The first-order chi connectivity index (χ1) is 7.19. The molecule has 0 saturated carbocycles. The van der Waals surface area contributed by atoms with Gasteiger partial charge in [0.15, 0.2) is 0 Å². The molecule has 0 fully saturated rings. The van der Waals surface area contributed by atoms with Gasteiger partial charge >= 0.3 is 0 Å². The average Bonchev–Trinajstić information content (AvgIpc) is 2.21. The van der Waals surface area contributed by atoms with E-state index in [1.54, 1.807) is 18.2 Å². The maximum absolute atomic E-state index is 9.00. The van der Waals surface area contributed by atoms with Crippen LogP contribution in [0.25, 0.3) is 0 Å². The van der Waals surface area contributed by atoms with Crippen molar-refractivity contribution in [1.29, 1.82) is 5.26 Å². The summed E-state index contributed by atoms with van der Waals surface area (Å²) >= 11 is 9.20. The molecule has 78 valence electrons. The van der Waals surface area contributed by atoms with Crippen molar-refractivity contribution in [2.75, 3.05) is 6.54 Å². The van der Waals surface area contributed by atoms with E-state index in [-0.39, 0.29) is 6.04 Å². The minimum Gasteiger partial charge on any atom is -0.295 e. The summed E-state index contributed by atoms with van der Waals surface area (Å²) in [4.78, 5) is 0. The van der Waals surface area contributed by atoms with Gasteiger partial charge in [-0.05, 0) is 17.7 Å². The molecule has 0 saturated heterocycles. The summed E-state index contributed by atoms with van der Waals surface area (Å²) in [6.45, 7) is 4.18. The molecule has 0 amide bonds. The molecule has 1 unspecified atom stereocenters. The standard InChI is InChI=1S/C11H10BrClN2/c1-2-5-15-11(7-14)9-4-3-8(13)6-10(9)12/h2-4,6,11,15H,1,5H2. The van der Waals surface area contributed by atoms with Crippen molar-refractivity contribution >= 4 is 27.5 Å². The van der Waals surface area contributed by atoms with Gasteiger partial charge in [0.2, 0.25) is 0 Å². The van der Waals surface area contributed by atoms with E-state index in [1.807, 2.05) is 6.07 Å². The van der Waals surface area contributed by atoms with Crippen molar-refractivity contribution in [1.82, 2.24) is 5.32 Å². The first-order valence-corrected chi connectivity index (χ1v) is 5.55. The van der Waals surface area contributed by atoms with Crippen LogP contribution in [0.1, 0.15) is 11.6 Å². The zero-order valence-corrected chi connectivity index (χ0v) is 10.3. The second-order valence-corrected chi connectivity index (χ2v) is 4.22. The van der Waals surface area contributed by atoms with Crippen LogP contribution < -0.4 is 5.32 Å². The van der Waals surface area contributed by atoms with Crippen molar-refractivity contribution in [3.05, 3.63) is 45.9 Å². The molecule has 0 radical (unpaired) electrons. The van der Waals surface area contributed by atoms with Gasteiger partial charge in [0.25, 0.3) is 0 Å². The van der Waals surface area contributed by atoms with Crippen LogP contribution in [0.15, 0.2) is 35.3 Å². The molecule has 1 aromatic rings. The molecule has 1 aromatic carbocycles. The molecule has 1 atom stereocenters. The van der Waals surface area contributed by atoms with E-state index in [0.29, 0.717) is 11.6 Å². The van der Waals surface area contributed by atoms with E-state index in [9.17, 15) is 0 Å². The Kier molecular flexibility index (Phi) is 4.83. The summed E-state index contributed by atoms with van der Waals surface area (Å²) in [6, 6.07) is 7.20. The molecule has 15 heavy (non-hydrogen) atoms. The van der Waals surface area contributed by atoms with E-state index < -0.39 is 0 Å². The third kappa shape index (κ3) is 3.35. The quantitative estimate of drug-likeness (QED) is 0.860. The normalized spacial score (nSPS) is 11.8. The highest BCUT2D eigenvalue weighted by atomic mass is 79.9. The van der Waals surface area contributed by atoms with Crippen LogP contribution in [0.3, 0.4) is 0 Å². The summed E-state index contributed by atoms with van der Waals surface area (Å²) in [6.07, 6.45) is 1.72. The molecule has 1 rings (SSSR count). The van der Waals surface area contributed by atoms with Crippen LogP contribution in [-0.2, 0) is 0 Å². The molecule has 0 aliphatic heterocycles. The Morgan fingerprint density at radius 1 is 1.67 bits per heavy atom. The van der Waals surface area contributed by atoms with E-state index in [2.05, 4.69) is 33.9 Å². The van der Waals surface area contributed by atoms with Gasteiger partial charge in [0, 0.05) is 16.0 Å². The number of benzene rings is 1. The molecule has 4 heteroatoms. The summed E-state index contributed by atoms with van der Waals surface area (Å²) in [5.41, 5.74) is 0.878. The fourth-order valence-electron chi connectivity index (χ4n) is 1.16. The van der Waals surface area contributed by atoms with Crippen LogP contribution in [0, 0.1) is 11.3 Å². The van der Waals surface area contributed by atoms with Gasteiger partial charge in [-0.25, -0.2) is 0 Å². The zero-order valence-electron chi connectivity index (χ0n) is 8.00. The van der Waals surface area contributed by atoms with Gasteiger partial charge in [0.05, 0.1) is 6.07 Å². The van der Waals surface area contributed by atoms with Crippen molar-refractivity contribution in [2.24, 2.45) is 0 Å². The van der Waals surface area contributed by atoms with Gasteiger partial charge in [-0.3, -0.25) is 5.32 Å². The Hall–Kier alpha value is -0.820. The van der Waals surface area contributed by atoms with E-state index in [4.69, 9.17) is 16.9 Å². The SMILES string of the molecule is C=CCNC(C#N)c1ccc(Cl)cc1Br. The lowest BCUT2D eigenvalue weighted by Gasteiger charge is -2.12. The fourth-order valence-corrected chi connectivity index (χ4v) is 2.07. The second-order valence-electron chi connectivity index (χ2n) is 2.92. The third-order valence-corrected chi connectivity index (χ3v) is 2.79. The molecule has 0 bridgehead atoms. The van der Waals surface area contributed by atoms with Crippen molar-refractivity contribution in [3.63, 3.8) is 0 Å². The first-order valence-electron chi connectivity index (χ1n) is 4.38. The van der Waals surface area contributed by atoms with Crippen LogP contribution in [0.4, 0.5) is 0 Å². The van der Waals surface area contributed by atoms with Gasteiger partial charge < -0.3 is 0 Å². The lowest BCUT2D eigenvalue weighted by molar-refractivity contribution is 0.681. The monoisotopic (exact) mass is 284 g/mol. The van der Waals surface area contributed by atoms with E-state index in [1.165, 1.54) is 0 Å². The Labute approximate surface area is 103 Å². The number of nitrogens with zero attached hydrogens (tertiary/aromatic N) is 1. The van der Waals surface area contributed by atoms with Crippen LogP contribution in [0.2, 0.25) is 5.02 Å². The fraction of sp³-hybridized carbons (Fsp3) is 0.182. The highest BCUT2D eigenvalue weighted by Crippen LogP contribution is 2.26. The predicted molar refractivity (Wildman–Crippen MR) is 65.7 cm³/mol. The Morgan fingerprint density at radius 3 is 2.93 bits per heavy atom. The van der Waals surface area contributed by atoms with Gasteiger partial charge in [0.1, 0.15) is 6.04 Å². The maximum Gasteiger partial charge on any atom is 0.122 e. The molecule has 1 N–H and O–H groups in total. The van der Waals surface area contributed by atoms with Gasteiger partial charge in [-0.2, -0.15) is 5.26 Å². The Balaban J connectivity index is 2.92. The minimum atomic E-state index is -0.352. The summed E-state index contributed by atoms with van der Waals surface area (Å²) in [5.74, 6) is 0. The number of nitriles is 1. The molecular weight excluding hydrogens is 275 g/mol. The van der Waals surface area contributed by atoms with Crippen LogP contribution in [0.5, 0.6) is 0 Å². The summed E-state index contributed by atoms with van der Waals surface area (Å²) in [5, 5.41) is 12.7. The summed E-state index contributed by atoms with van der Waals surface area (Å²) in [7, 11) is 0. The van der Waals surface area contributed by atoms with E-state index in [0.717, 1.165) is 10.0 Å². The Morgan fingerprint density at radius 2 is 2.40 bits per heavy atom. The number of hydrogen-bond donors (Lipinski definition) is 1. The van der Waals surface area contributed by atoms with Gasteiger partial charge in [-0.15, -0.1) is 6.58 Å². The van der Waals surface area contributed by atoms with Crippen molar-refractivity contribution in [2.45, 2.75) is 6.04 Å². The second kappa shape index (κ2) is 5.92. The highest BCUT2D eigenvalue weighted by molar-refractivity contribution is 9.10. The predicted octanol–water partition coefficient (Wildman–Crippen LogP) is 3.44.